The van der Waals surface area contributed by atoms with E-state index in [9.17, 15) is 24.3 Å². The normalized spacial score (nSPS) is 13.6. The van der Waals surface area contributed by atoms with E-state index in [4.69, 9.17) is 26.6 Å². The smallest absolute Gasteiger partial charge is 0.349 e. The molecule has 0 bridgehead atoms. The highest BCUT2D eigenvalue weighted by atomic mass is 35.5. The number of carboxylic acid groups (broad SMARTS) is 3. The van der Waals surface area contributed by atoms with Gasteiger partial charge in [-0.05, 0) is 43.4 Å². The molecule has 3 rings (SSSR count). The van der Waals surface area contributed by atoms with E-state index in [1.54, 1.807) is 23.1 Å². The number of carbonyl (C=O) groups is 4. The Morgan fingerprint density at radius 2 is 1.76 bits per heavy atom. The van der Waals surface area contributed by atoms with Crippen LogP contribution in [0.25, 0.3) is 10.4 Å². The lowest BCUT2D eigenvalue weighted by atomic mass is 9.94. The molecule has 1 aliphatic carbocycles. The molecule has 4 N–H and O–H groups in total. The van der Waals surface area contributed by atoms with Gasteiger partial charge >= 0.3 is 23.9 Å². The number of nitrogens with one attached hydrogen (secondary N) is 1. The molecule has 12 heteroatoms. The Balaban J connectivity index is 1.85. The van der Waals surface area contributed by atoms with Crippen LogP contribution in [0.1, 0.15) is 67.5 Å². The van der Waals surface area contributed by atoms with Gasteiger partial charge in [-0.1, -0.05) is 49.4 Å². The zero-order valence-electron chi connectivity index (χ0n) is 20.8. The Morgan fingerprint density at radius 3 is 2.42 bits per heavy atom. The number of thiophene rings is 1. The van der Waals surface area contributed by atoms with Gasteiger partial charge in [0.2, 0.25) is 0 Å². The van der Waals surface area contributed by atoms with Crippen LogP contribution in [-0.4, -0.2) is 58.5 Å². The second-order valence-corrected chi connectivity index (χ2v) is 10.4. The second kappa shape index (κ2) is 14.0. The Hall–Kier alpha value is -3.31. The van der Waals surface area contributed by atoms with Crippen LogP contribution in [-0.2, 0) is 9.59 Å². The largest absolute Gasteiger partial charge is 0.481 e. The molecule has 1 aromatic heterocycles. The van der Waals surface area contributed by atoms with E-state index in [0.717, 1.165) is 43.4 Å². The highest BCUT2D eigenvalue weighted by Crippen LogP contribution is 2.46. The summed E-state index contributed by atoms with van der Waals surface area (Å²) in [5.74, 6) is -3.58. The Bertz CT molecular complexity index is 1160. The summed E-state index contributed by atoms with van der Waals surface area (Å²) in [6.45, 7) is -0.313. The Labute approximate surface area is 229 Å². The zero-order valence-corrected chi connectivity index (χ0v) is 22.4. The lowest BCUT2D eigenvalue weighted by Crippen LogP contribution is -2.47. The van der Waals surface area contributed by atoms with Gasteiger partial charge in [0.05, 0.1) is 4.88 Å². The maximum absolute atomic E-state index is 13.3. The van der Waals surface area contributed by atoms with Crippen molar-refractivity contribution in [2.45, 2.75) is 63.8 Å². The number of nitrogens with zero attached hydrogens (tertiary/aromatic N) is 1. The number of rotatable bonds is 13. The molecule has 2 amide bonds. The highest BCUT2D eigenvalue weighted by Gasteiger charge is 2.29. The topological polar surface area (TPSA) is 153 Å². The van der Waals surface area contributed by atoms with Crippen LogP contribution < -0.4 is 15.0 Å². The number of carboxylic acids is 3. The van der Waals surface area contributed by atoms with Gasteiger partial charge in [-0.2, -0.15) is 0 Å². The third-order valence-electron chi connectivity index (χ3n) is 6.23. The molecular weight excluding hydrogens is 536 g/mol. The minimum atomic E-state index is -1.29. The van der Waals surface area contributed by atoms with E-state index in [-0.39, 0.29) is 34.1 Å². The number of urea groups is 1. The van der Waals surface area contributed by atoms with Crippen molar-refractivity contribution in [3.8, 4) is 16.2 Å². The molecule has 0 atom stereocenters. The molecule has 10 nitrogen and oxygen atoms in total. The van der Waals surface area contributed by atoms with E-state index < -0.39 is 24.5 Å². The minimum Gasteiger partial charge on any atom is -0.481 e. The van der Waals surface area contributed by atoms with Gasteiger partial charge in [-0.3, -0.25) is 9.69 Å². The molecule has 1 heterocycles. The van der Waals surface area contributed by atoms with Crippen LogP contribution >= 0.6 is 22.9 Å². The van der Waals surface area contributed by atoms with Crippen LogP contribution in [0.15, 0.2) is 24.3 Å². The molecule has 2 aromatic rings. The minimum absolute atomic E-state index is 0.000767. The summed E-state index contributed by atoms with van der Waals surface area (Å²) < 4.78 is 5.18. The van der Waals surface area contributed by atoms with Crippen molar-refractivity contribution in [3.63, 3.8) is 0 Å². The molecule has 1 aromatic carbocycles. The van der Waals surface area contributed by atoms with Gasteiger partial charge in [0.1, 0.15) is 5.02 Å². The monoisotopic (exact) mass is 566 g/mol. The van der Waals surface area contributed by atoms with Crippen molar-refractivity contribution in [2.24, 2.45) is 0 Å². The van der Waals surface area contributed by atoms with Gasteiger partial charge in [-0.25, -0.2) is 14.4 Å². The number of halogens is 1. The number of carbonyl (C=O) groups excluding carboxylic acids is 1. The second-order valence-electron chi connectivity index (χ2n) is 9.04. The fraction of sp³-hybridized carbons (Fsp3) is 0.462. The number of ether oxygens (including phenoxy) is 1. The molecule has 0 saturated heterocycles. The predicted octanol–water partition coefficient (Wildman–Crippen LogP) is 5.72. The van der Waals surface area contributed by atoms with Gasteiger partial charge in [0.25, 0.3) is 0 Å². The summed E-state index contributed by atoms with van der Waals surface area (Å²) in [6.07, 6.45) is 6.85. The maximum atomic E-state index is 13.3. The van der Waals surface area contributed by atoms with Crippen molar-refractivity contribution in [1.29, 1.82) is 0 Å². The standard InChI is InChI=1S/C26H31ClN2O8S/c27-21-22(37-15-20(32)33)24(25(34)35)38-23(21)16-8-7-11-18(14-16)29(17-9-3-1-4-10-17)26(36)28-13-6-2-5-12-19(30)31/h7-8,11,14,17H,1-6,9-10,12-13,15H2,(H,28,36)(H,30,31)(H,32,33)(H,34,35). The fourth-order valence-electron chi connectivity index (χ4n) is 4.47. The zero-order chi connectivity index (χ0) is 27.7. The van der Waals surface area contributed by atoms with Crippen LogP contribution in [0.3, 0.4) is 0 Å². The van der Waals surface area contributed by atoms with Gasteiger partial charge in [0, 0.05) is 24.7 Å². The van der Waals surface area contributed by atoms with Crippen molar-refractivity contribution < 1.29 is 39.2 Å². The SMILES string of the molecule is O=C(O)CCCCCNC(=O)N(c1cccc(-c2sc(C(=O)O)c(OCC(=O)O)c2Cl)c1)C1CCCCC1. The maximum Gasteiger partial charge on any atom is 0.349 e. The summed E-state index contributed by atoms with van der Waals surface area (Å²) in [5, 5.41) is 30.3. The number of hydrogen-bond acceptors (Lipinski definition) is 6. The quantitative estimate of drug-likeness (QED) is 0.224. The number of amides is 2. The van der Waals surface area contributed by atoms with E-state index >= 15 is 0 Å². The first-order chi connectivity index (χ1) is 18.2. The summed E-state index contributed by atoms with van der Waals surface area (Å²) in [6, 6.07) is 6.83. The highest BCUT2D eigenvalue weighted by molar-refractivity contribution is 7.18. The molecule has 206 valence electrons. The Kier molecular flexibility index (Phi) is 10.8. The fourth-order valence-corrected chi connectivity index (χ4v) is 5.88. The Morgan fingerprint density at radius 1 is 1.03 bits per heavy atom. The van der Waals surface area contributed by atoms with E-state index in [2.05, 4.69) is 5.32 Å². The number of hydrogen-bond donors (Lipinski definition) is 4. The summed E-state index contributed by atoms with van der Waals surface area (Å²) in [7, 11) is 0. The van der Waals surface area contributed by atoms with Crippen LogP contribution in [0.2, 0.25) is 5.02 Å². The molecule has 0 aliphatic heterocycles. The number of anilines is 1. The summed E-state index contributed by atoms with van der Waals surface area (Å²) >= 11 is 7.34. The molecule has 38 heavy (non-hydrogen) atoms. The van der Waals surface area contributed by atoms with Crippen LogP contribution in [0.4, 0.5) is 10.5 Å². The first kappa shape index (κ1) is 29.2. The summed E-state index contributed by atoms with van der Waals surface area (Å²) in [4.78, 5) is 48.7. The van der Waals surface area contributed by atoms with Gasteiger partial charge in [0.15, 0.2) is 17.2 Å². The van der Waals surface area contributed by atoms with Crippen molar-refractivity contribution in [1.82, 2.24) is 5.32 Å². The van der Waals surface area contributed by atoms with Gasteiger partial charge < -0.3 is 25.4 Å². The third kappa shape index (κ3) is 7.84. The number of unbranched alkanes of at least 4 members (excludes halogenated alkanes) is 2. The molecular formula is C26H31ClN2O8S. The molecule has 1 fully saturated rings. The predicted molar refractivity (Wildman–Crippen MR) is 144 cm³/mol. The first-order valence-electron chi connectivity index (χ1n) is 12.5. The van der Waals surface area contributed by atoms with Crippen molar-refractivity contribution >= 4 is 52.6 Å². The van der Waals surface area contributed by atoms with Gasteiger partial charge in [-0.15, -0.1) is 11.3 Å². The van der Waals surface area contributed by atoms with E-state index in [1.807, 2.05) is 6.07 Å². The lowest BCUT2D eigenvalue weighted by molar-refractivity contribution is -0.139. The van der Waals surface area contributed by atoms with Crippen molar-refractivity contribution in [3.05, 3.63) is 34.2 Å². The molecule has 1 aliphatic rings. The number of aliphatic carboxylic acids is 2. The summed E-state index contributed by atoms with van der Waals surface area (Å²) in [5.41, 5.74) is 1.21. The molecule has 0 spiro atoms. The van der Waals surface area contributed by atoms with Crippen molar-refractivity contribution in [2.75, 3.05) is 18.1 Å². The van der Waals surface area contributed by atoms with Crippen LogP contribution in [0.5, 0.6) is 5.75 Å². The molecule has 0 radical (unpaired) electrons. The average Bonchev–Trinajstić information content (AvgIpc) is 3.22. The number of benzene rings is 1. The van der Waals surface area contributed by atoms with Crippen LogP contribution in [0, 0.1) is 0 Å². The molecule has 0 unspecified atom stereocenters. The first-order valence-corrected chi connectivity index (χ1v) is 13.7. The number of aromatic carboxylic acids is 1. The average molecular weight is 567 g/mol. The molecule has 1 saturated carbocycles. The van der Waals surface area contributed by atoms with E-state index in [1.165, 1.54) is 0 Å². The third-order valence-corrected chi connectivity index (χ3v) is 7.91. The lowest BCUT2D eigenvalue weighted by Gasteiger charge is -2.34. The van der Waals surface area contributed by atoms with E-state index in [0.29, 0.717) is 41.9 Å².